The minimum Gasteiger partial charge on any atom is -0.485 e. The topological polar surface area (TPSA) is 60.3 Å². The van der Waals surface area contributed by atoms with E-state index >= 15 is 0 Å². The number of hydrogen-bond donors (Lipinski definition) is 2. The summed E-state index contributed by atoms with van der Waals surface area (Å²) in [7, 11) is 0. The normalized spacial score (nSPS) is 22.0. The van der Waals surface area contributed by atoms with Crippen LogP contribution < -0.4 is 15.4 Å². The second kappa shape index (κ2) is 5.48. The van der Waals surface area contributed by atoms with Crippen LogP contribution >= 0.6 is 0 Å². The van der Waals surface area contributed by atoms with Gasteiger partial charge in [0.05, 0.1) is 6.54 Å². The Bertz CT molecular complexity index is 565. The Kier molecular flexibility index (Phi) is 3.68. The molecule has 2 N–H and O–H groups in total. The predicted octanol–water partition coefficient (Wildman–Crippen LogP) is 2.07. The molecular formula is C16H19FN2O2. The van der Waals surface area contributed by atoms with Crippen LogP contribution in [-0.4, -0.2) is 24.6 Å². The van der Waals surface area contributed by atoms with Crippen molar-refractivity contribution in [3.63, 3.8) is 0 Å². The zero-order valence-electron chi connectivity index (χ0n) is 11.8. The van der Waals surface area contributed by atoms with Crippen molar-refractivity contribution in [2.75, 3.05) is 13.1 Å². The molecule has 1 aliphatic heterocycles. The molecule has 1 aromatic carbocycles. The van der Waals surface area contributed by atoms with E-state index in [2.05, 4.69) is 17.2 Å². The molecule has 1 atom stereocenters. The summed E-state index contributed by atoms with van der Waals surface area (Å²) < 4.78 is 19.6. The van der Waals surface area contributed by atoms with Gasteiger partial charge < -0.3 is 15.4 Å². The Labute approximate surface area is 123 Å². The van der Waals surface area contributed by atoms with Crippen molar-refractivity contribution in [3.05, 3.63) is 42.2 Å². The van der Waals surface area contributed by atoms with Gasteiger partial charge in [0.2, 0.25) is 5.91 Å². The van der Waals surface area contributed by atoms with Crippen LogP contribution in [0, 0.1) is 5.82 Å². The lowest BCUT2D eigenvalue weighted by Crippen LogP contribution is -2.52. The maximum Gasteiger partial charge on any atom is 0.243 e. The fourth-order valence-corrected chi connectivity index (χ4v) is 2.60. The van der Waals surface area contributed by atoms with Crippen molar-refractivity contribution < 1.29 is 13.9 Å². The number of carbonyl (C=O) groups is 1. The van der Waals surface area contributed by atoms with Crippen LogP contribution in [0.25, 0.3) is 0 Å². The summed E-state index contributed by atoms with van der Waals surface area (Å²) in [5.74, 6) is 0.0600. The van der Waals surface area contributed by atoms with Gasteiger partial charge in [-0.15, -0.1) is 0 Å². The summed E-state index contributed by atoms with van der Waals surface area (Å²) >= 11 is 0. The SMILES string of the molecule is C=CC(=O)NCC1(Oc2cc(F)ccc2C2CN2)CCC1. The molecule has 2 fully saturated rings. The molecule has 1 saturated carbocycles. The third-order valence-corrected chi connectivity index (χ3v) is 4.12. The van der Waals surface area contributed by atoms with E-state index in [0.717, 1.165) is 31.4 Å². The molecule has 4 nitrogen and oxygen atoms in total. The number of amides is 1. The number of halogens is 1. The van der Waals surface area contributed by atoms with E-state index < -0.39 is 5.60 Å². The Morgan fingerprint density at radius 2 is 2.33 bits per heavy atom. The van der Waals surface area contributed by atoms with E-state index in [4.69, 9.17) is 4.74 Å². The first-order chi connectivity index (χ1) is 10.1. The third kappa shape index (κ3) is 3.08. The first-order valence-corrected chi connectivity index (χ1v) is 7.24. The third-order valence-electron chi connectivity index (χ3n) is 4.12. The zero-order chi connectivity index (χ0) is 14.9. The molecule has 1 unspecified atom stereocenters. The summed E-state index contributed by atoms with van der Waals surface area (Å²) in [5.41, 5.74) is 0.563. The molecule has 1 aliphatic carbocycles. The van der Waals surface area contributed by atoms with Crippen molar-refractivity contribution >= 4 is 5.91 Å². The number of ether oxygens (including phenoxy) is 1. The molecule has 0 spiro atoms. The summed E-state index contributed by atoms with van der Waals surface area (Å²) in [4.78, 5) is 11.3. The average Bonchev–Trinajstić information content (AvgIpc) is 3.25. The van der Waals surface area contributed by atoms with Crippen LogP contribution in [0.5, 0.6) is 5.75 Å². The summed E-state index contributed by atoms with van der Waals surface area (Å²) in [6, 6.07) is 4.91. The zero-order valence-corrected chi connectivity index (χ0v) is 11.8. The quantitative estimate of drug-likeness (QED) is 0.623. The van der Waals surface area contributed by atoms with Gasteiger partial charge in [0, 0.05) is 24.2 Å². The van der Waals surface area contributed by atoms with Crippen LogP contribution in [0.2, 0.25) is 0 Å². The van der Waals surface area contributed by atoms with E-state index in [1.165, 1.54) is 18.2 Å². The van der Waals surface area contributed by atoms with Crippen molar-refractivity contribution in [1.29, 1.82) is 0 Å². The maximum absolute atomic E-state index is 13.5. The monoisotopic (exact) mass is 290 g/mol. The molecule has 21 heavy (non-hydrogen) atoms. The predicted molar refractivity (Wildman–Crippen MR) is 77.6 cm³/mol. The Balaban J connectivity index is 1.75. The number of nitrogens with one attached hydrogen (secondary N) is 2. The molecule has 2 aliphatic rings. The van der Waals surface area contributed by atoms with Crippen LogP contribution in [0.4, 0.5) is 4.39 Å². The molecule has 0 aromatic heterocycles. The fraction of sp³-hybridized carbons (Fsp3) is 0.438. The molecule has 1 amide bonds. The van der Waals surface area contributed by atoms with Crippen LogP contribution in [0.15, 0.2) is 30.9 Å². The number of rotatable bonds is 6. The highest BCUT2D eigenvalue weighted by Gasteiger charge is 2.41. The summed E-state index contributed by atoms with van der Waals surface area (Å²) in [6.07, 6.45) is 4.02. The van der Waals surface area contributed by atoms with Crippen molar-refractivity contribution in [3.8, 4) is 5.75 Å². The van der Waals surface area contributed by atoms with Gasteiger partial charge in [-0.1, -0.05) is 12.6 Å². The standard InChI is InChI=1S/C16H19FN2O2/c1-2-15(20)19-10-16(6-3-7-16)21-14-8-11(17)4-5-12(14)13-9-18-13/h2,4-5,8,13,18H,1,3,6-7,9-10H2,(H,19,20). The molecular weight excluding hydrogens is 271 g/mol. The lowest BCUT2D eigenvalue weighted by atomic mass is 9.79. The van der Waals surface area contributed by atoms with Gasteiger partial charge >= 0.3 is 0 Å². The van der Waals surface area contributed by atoms with Crippen LogP contribution in [-0.2, 0) is 4.79 Å². The minimum absolute atomic E-state index is 0.215. The largest absolute Gasteiger partial charge is 0.485 e. The summed E-state index contributed by atoms with van der Waals surface area (Å²) in [5, 5.41) is 5.99. The molecule has 112 valence electrons. The van der Waals surface area contributed by atoms with Gasteiger partial charge in [-0.2, -0.15) is 0 Å². The van der Waals surface area contributed by atoms with Crippen LogP contribution in [0.3, 0.4) is 0 Å². The van der Waals surface area contributed by atoms with Gasteiger partial charge in [-0.3, -0.25) is 4.79 Å². The molecule has 0 radical (unpaired) electrons. The average molecular weight is 290 g/mol. The van der Waals surface area contributed by atoms with Crippen LogP contribution in [0.1, 0.15) is 30.9 Å². The van der Waals surface area contributed by atoms with Gasteiger partial charge in [-0.25, -0.2) is 4.39 Å². The van der Waals surface area contributed by atoms with Gasteiger partial charge in [0.25, 0.3) is 0 Å². The maximum atomic E-state index is 13.5. The first-order valence-electron chi connectivity index (χ1n) is 7.24. The van der Waals surface area contributed by atoms with E-state index in [1.807, 2.05) is 0 Å². The Hall–Kier alpha value is -1.88. The molecule has 1 heterocycles. The highest BCUT2D eigenvalue weighted by molar-refractivity contribution is 5.86. The highest BCUT2D eigenvalue weighted by Crippen LogP contribution is 2.40. The Morgan fingerprint density at radius 3 is 2.90 bits per heavy atom. The van der Waals surface area contributed by atoms with Gasteiger partial charge in [0.15, 0.2) is 0 Å². The second-order valence-electron chi connectivity index (χ2n) is 5.70. The molecule has 3 rings (SSSR count). The van der Waals surface area contributed by atoms with Crippen molar-refractivity contribution in [2.45, 2.75) is 30.9 Å². The van der Waals surface area contributed by atoms with E-state index in [1.54, 1.807) is 6.07 Å². The molecule has 5 heteroatoms. The lowest BCUT2D eigenvalue weighted by Gasteiger charge is -2.42. The summed E-state index contributed by atoms with van der Waals surface area (Å²) in [6.45, 7) is 4.75. The van der Waals surface area contributed by atoms with E-state index in [-0.39, 0.29) is 17.8 Å². The first kappa shape index (κ1) is 14.1. The Morgan fingerprint density at radius 1 is 1.57 bits per heavy atom. The van der Waals surface area contributed by atoms with Gasteiger partial charge in [0.1, 0.15) is 17.2 Å². The number of benzene rings is 1. The number of carbonyl (C=O) groups excluding carboxylic acids is 1. The highest BCUT2D eigenvalue weighted by atomic mass is 19.1. The van der Waals surface area contributed by atoms with Crippen molar-refractivity contribution in [2.24, 2.45) is 0 Å². The van der Waals surface area contributed by atoms with E-state index in [9.17, 15) is 9.18 Å². The fourth-order valence-electron chi connectivity index (χ4n) is 2.60. The molecule has 1 saturated heterocycles. The van der Waals surface area contributed by atoms with Crippen molar-refractivity contribution in [1.82, 2.24) is 10.6 Å². The van der Waals surface area contributed by atoms with E-state index in [0.29, 0.717) is 12.3 Å². The molecule has 0 bridgehead atoms. The number of hydrogen-bond acceptors (Lipinski definition) is 3. The smallest absolute Gasteiger partial charge is 0.243 e. The van der Waals surface area contributed by atoms with Gasteiger partial charge in [-0.05, 0) is 31.4 Å². The minimum atomic E-state index is -0.421. The lowest BCUT2D eigenvalue weighted by molar-refractivity contribution is -0.118. The molecule has 1 aromatic rings. The second-order valence-corrected chi connectivity index (χ2v) is 5.70.